The summed E-state index contributed by atoms with van der Waals surface area (Å²) in [6.45, 7) is 2.84. The van der Waals surface area contributed by atoms with Gasteiger partial charge in [-0.2, -0.15) is 0 Å². The quantitative estimate of drug-likeness (QED) is 0.0238. The molecule has 15 rings (SSSR count). The second-order valence-electron chi connectivity index (χ2n) is 23.2. The van der Waals surface area contributed by atoms with E-state index in [1.54, 1.807) is 36.9 Å². The minimum atomic E-state index is -3.44. The Kier molecular flexibility index (Phi) is 30.6. The van der Waals surface area contributed by atoms with Crippen LogP contribution in [0.1, 0.15) is 59.6 Å². The number of fused-ring (bicyclic) bond motifs is 4. The van der Waals surface area contributed by atoms with Gasteiger partial charge in [-0.05, 0) is 144 Å². The van der Waals surface area contributed by atoms with Gasteiger partial charge in [-0.25, -0.2) is 61.5 Å². The Balaban J connectivity index is 0.000000167. The zero-order chi connectivity index (χ0) is 74.2. The number of hydrogen-bond donors (Lipinski definition) is 7. The number of H-pyrrole nitrogens is 1. The Hall–Kier alpha value is -9.13. The first-order valence-corrected chi connectivity index (χ1v) is 36.3. The molecule has 538 valence electrons. The van der Waals surface area contributed by atoms with Crippen LogP contribution in [-0.2, 0) is 35.5 Å². The molecule has 0 spiro atoms. The number of rotatable bonds is 18. The largest absolute Gasteiger partial charge is 1.00 e. The molecule has 0 atom stereocenters. The summed E-state index contributed by atoms with van der Waals surface area (Å²) >= 11 is 28.7. The van der Waals surface area contributed by atoms with E-state index in [1.165, 1.54) is 92.3 Å². The van der Waals surface area contributed by atoms with Crippen molar-refractivity contribution in [1.82, 2.24) is 64.8 Å². The van der Waals surface area contributed by atoms with Gasteiger partial charge in [0.05, 0.1) is 41.0 Å². The molecule has 8 N–H and O–H groups in total. The van der Waals surface area contributed by atoms with Gasteiger partial charge in [-0.1, -0.05) is 149 Å². The fourth-order valence-corrected chi connectivity index (χ4v) is 12.6. The SMILES string of the molecule is CS(=O)(=O)c1nc(Cl)cc(Cl)n1.Clc1cc(Cl)nc(NCCC2=CCc3ccccc32)n1.Fc1cncc(-c2cc(Cl)nc(NCCC3=CCc4ccccc43)n2)c1.Fc1cncc(-c2ccnc(NCCC3=CCc4ccccc43)n2)c1.NCCc1c[nH]c2cccnc12.OB(O)c1cncc(F)c1.[H-].[Na+]. The topological polar surface area (TPSA) is 307 Å². The van der Waals surface area contributed by atoms with Crippen molar-refractivity contribution in [3.05, 3.63) is 284 Å². The standard InChI is InChI=1S/C20H16ClFN4.C20H17FN4.C15H13Cl2N3.C9H11N3.C5H5BFNO2.C5H4Cl2N2O2S.Na.H/c21-19-10-18(15-9-16(22)12-23-11-15)25-20(26-19)24-8-7-14-6-5-13-3-1-2-4-17(13)14;21-17-11-16(12-22-13-17)19-8-10-24-20(25-19)23-9-7-15-6-5-14-3-1-2-4-18(14)15;16-13-9-14(17)20-15(19-13)18-8-7-11-6-5-10-3-1-2-4-12(10)11;10-4-3-7-6-12-8-2-1-5-11-9(7)8;7-5-1-4(6(9)10)2-8-3-5;1-12(10,11)5-8-3(6)2-4(7)9-5;;/h1-4,6,9-12H,5,7-8H2,(H,24,25,26);1-4,6,8,10-13H,5,7,9H2,(H,23,24,25);1-4,6,9H,5,7-8H2,(H,18,19,20);1-2,5-6,12H,3-4,10H2;1-3,9-10H;2H,1H3;;/q;;;;;;+1;-1. The zero-order valence-corrected chi connectivity index (χ0v) is 63.6. The van der Waals surface area contributed by atoms with Crippen LogP contribution in [0.3, 0.4) is 0 Å². The Morgan fingerprint density at radius 1 is 0.509 bits per heavy atom. The van der Waals surface area contributed by atoms with Crippen molar-refractivity contribution >= 4 is 126 Å². The van der Waals surface area contributed by atoms with Crippen LogP contribution >= 0.6 is 58.0 Å². The molecule has 0 saturated carbocycles. The summed E-state index contributed by atoms with van der Waals surface area (Å²) in [5.74, 6) is 0.0494. The molecule has 9 aromatic heterocycles. The number of anilines is 3. The average molecular weight is 1560 g/mol. The summed E-state index contributed by atoms with van der Waals surface area (Å²) in [4.78, 5) is 51.0. The van der Waals surface area contributed by atoms with Gasteiger partial charge in [0.2, 0.25) is 32.8 Å². The predicted octanol–water partition coefficient (Wildman–Crippen LogP) is 11.4. The van der Waals surface area contributed by atoms with Crippen LogP contribution in [0, 0.1) is 17.5 Å². The minimum Gasteiger partial charge on any atom is -1.00 e. The Morgan fingerprint density at radius 2 is 0.953 bits per heavy atom. The normalized spacial score (nSPS) is 11.9. The third-order valence-corrected chi connectivity index (χ3v) is 17.6. The van der Waals surface area contributed by atoms with E-state index in [4.69, 9.17) is 73.8 Å². The summed E-state index contributed by atoms with van der Waals surface area (Å²) in [5.41, 5.74) is 23.4. The van der Waals surface area contributed by atoms with Gasteiger partial charge in [0.15, 0.2) is 0 Å². The second kappa shape index (κ2) is 40.0. The number of benzene rings is 3. The van der Waals surface area contributed by atoms with Crippen molar-refractivity contribution in [3.63, 3.8) is 0 Å². The Labute approximate surface area is 658 Å². The molecule has 0 amide bonds. The molecule has 106 heavy (non-hydrogen) atoms. The van der Waals surface area contributed by atoms with Crippen molar-refractivity contribution in [2.45, 2.75) is 50.1 Å². The molecular formula is C74H67BCl5F3N17NaO4S. The first-order chi connectivity index (χ1) is 50.7. The molecular weight excluding hydrogens is 1490 g/mol. The number of pyridine rings is 4. The number of nitrogens with two attached hydrogens (primary N) is 1. The zero-order valence-electron chi connectivity index (χ0n) is 58.0. The van der Waals surface area contributed by atoms with Gasteiger partial charge < -0.3 is 38.1 Å². The van der Waals surface area contributed by atoms with E-state index in [0.717, 1.165) is 93.8 Å². The molecule has 21 nitrogen and oxygen atoms in total. The van der Waals surface area contributed by atoms with E-state index < -0.39 is 28.6 Å². The number of sulfone groups is 1. The number of halogens is 8. The molecule has 0 fully saturated rings. The first kappa shape index (κ1) is 81.0. The molecule has 9 heterocycles. The molecule has 0 bridgehead atoms. The molecule has 3 aliphatic carbocycles. The van der Waals surface area contributed by atoms with Crippen molar-refractivity contribution in [3.8, 4) is 22.5 Å². The van der Waals surface area contributed by atoms with Crippen LogP contribution in [0.4, 0.5) is 31.0 Å². The molecule has 3 aliphatic rings. The Morgan fingerprint density at radius 3 is 1.42 bits per heavy atom. The number of aromatic nitrogens is 13. The fraction of sp³-hybridized carbons (Fsp3) is 0.162. The number of aromatic amines is 1. The van der Waals surface area contributed by atoms with Gasteiger partial charge in [-0.15, -0.1) is 0 Å². The maximum atomic E-state index is 13.4. The third kappa shape index (κ3) is 24.2. The van der Waals surface area contributed by atoms with Crippen LogP contribution < -0.4 is 56.7 Å². The summed E-state index contributed by atoms with van der Waals surface area (Å²) < 4.78 is 60.7. The van der Waals surface area contributed by atoms with Crippen LogP contribution in [-0.4, -0.2) is 123 Å². The van der Waals surface area contributed by atoms with Crippen molar-refractivity contribution in [2.24, 2.45) is 5.73 Å². The van der Waals surface area contributed by atoms with E-state index in [9.17, 15) is 21.6 Å². The molecule has 0 aliphatic heterocycles. The summed E-state index contributed by atoms with van der Waals surface area (Å²) in [7, 11) is -5.09. The smallest absolute Gasteiger partial charge is 1.00 e. The molecule has 12 aromatic rings. The van der Waals surface area contributed by atoms with E-state index in [-0.39, 0.29) is 57.7 Å². The van der Waals surface area contributed by atoms with Crippen LogP contribution in [0.5, 0.6) is 0 Å². The molecule has 3 aromatic carbocycles. The summed E-state index contributed by atoms with van der Waals surface area (Å²) in [6, 6.07) is 39.3. The number of allylic oxidation sites excluding steroid dienone is 3. The molecule has 0 radical (unpaired) electrons. The van der Waals surface area contributed by atoms with Crippen LogP contribution in [0.2, 0.25) is 25.8 Å². The fourth-order valence-electron chi connectivity index (χ4n) is 11.0. The second-order valence-corrected chi connectivity index (χ2v) is 27.1. The third-order valence-electron chi connectivity index (χ3n) is 15.8. The average Bonchev–Trinajstić information content (AvgIpc) is 1.46. The monoisotopic (exact) mass is 1560 g/mol. The number of nitrogens with one attached hydrogen (secondary N) is 4. The number of hydrogen-bond acceptors (Lipinski definition) is 20. The molecule has 0 unspecified atom stereocenters. The van der Waals surface area contributed by atoms with Crippen molar-refractivity contribution in [2.75, 3.05) is 48.4 Å². The minimum absolute atomic E-state index is 0. The van der Waals surface area contributed by atoms with E-state index in [0.29, 0.717) is 68.9 Å². The van der Waals surface area contributed by atoms with Gasteiger partial charge in [0.1, 0.15) is 43.2 Å². The maximum absolute atomic E-state index is 13.4. The van der Waals surface area contributed by atoms with Gasteiger partial charge in [-0.3, -0.25) is 19.9 Å². The van der Waals surface area contributed by atoms with Gasteiger partial charge in [0, 0.05) is 97.9 Å². The van der Waals surface area contributed by atoms with E-state index >= 15 is 0 Å². The maximum Gasteiger partial charge on any atom is 1.00 e. The van der Waals surface area contributed by atoms with E-state index in [2.05, 4.69) is 172 Å². The van der Waals surface area contributed by atoms with Crippen molar-refractivity contribution < 1.29 is 62.6 Å². The van der Waals surface area contributed by atoms with E-state index in [1.807, 2.05) is 18.3 Å². The molecule has 0 saturated heterocycles. The van der Waals surface area contributed by atoms with Gasteiger partial charge >= 0.3 is 36.7 Å². The summed E-state index contributed by atoms with van der Waals surface area (Å²) in [6.07, 6.45) is 27.5. The molecule has 32 heteroatoms. The predicted molar refractivity (Wildman–Crippen MR) is 410 cm³/mol. The first-order valence-electron chi connectivity index (χ1n) is 32.5. The Bertz CT molecular complexity index is 5180. The van der Waals surface area contributed by atoms with Crippen LogP contribution in [0.15, 0.2) is 207 Å². The number of nitrogens with zero attached hydrogens (tertiary/aromatic N) is 12. The van der Waals surface area contributed by atoms with Crippen LogP contribution in [0.25, 0.3) is 50.3 Å². The van der Waals surface area contributed by atoms with Gasteiger partial charge in [0.25, 0.3) is 0 Å². The summed E-state index contributed by atoms with van der Waals surface area (Å²) in [5, 5.41) is 27.2. The van der Waals surface area contributed by atoms with Crippen molar-refractivity contribution in [1.29, 1.82) is 0 Å².